The summed E-state index contributed by atoms with van der Waals surface area (Å²) < 4.78 is 38.4. The predicted molar refractivity (Wildman–Crippen MR) is 132 cm³/mol. The van der Waals surface area contributed by atoms with Crippen LogP contribution in [-0.2, 0) is 34.3 Å². The van der Waals surface area contributed by atoms with Gasteiger partial charge in [-0.25, -0.2) is 18.9 Å². The van der Waals surface area contributed by atoms with Crippen LogP contribution in [0.1, 0.15) is 19.5 Å². The number of hydrogen-bond acceptors (Lipinski definition) is 13. The van der Waals surface area contributed by atoms with Crippen molar-refractivity contribution in [1.82, 2.24) is 24.8 Å². The van der Waals surface area contributed by atoms with Gasteiger partial charge in [0, 0.05) is 11.9 Å². The molecule has 1 aromatic heterocycles. The van der Waals surface area contributed by atoms with Gasteiger partial charge in [-0.05, 0) is 13.8 Å². The first-order valence-corrected chi connectivity index (χ1v) is 13.1. The molecular weight excluding hydrogens is 566 g/mol. The summed E-state index contributed by atoms with van der Waals surface area (Å²) in [6.45, 7) is 1.73. The summed E-state index contributed by atoms with van der Waals surface area (Å²) in [5.74, 6) is -4.12. The molecule has 2 aliphatic heterocycles. The first kappa shape index (κ1) is 29.3. The molecule has 21 heteroatoms. The minimum absolute atomic E-state index is 0.0212. The first-order chi connectivity index (χ1) is 18.0. The molecule has 0 aliphatic carbocycles. The lowest BCUT2D eigenvalue weighted by atomic mass is 9.97. The Balaban J connectivity index is 1.83. The first-order valence-electron chi connectivity index (χ1n) is 10.9. The van der Waals surface area contributed by atoms with E-state index in [9.17, 15) is 37.3 Å². The number of β-lactam (4-membered cyclic amide) rings is 1. The Morgan fingerprint density at radius 1 is 1.41 bits per heavy atom. The summed E-state index contributed by atoms with van der Waals surface area (Å²) in [7, 11) is -5.09. The van der Waals surface area contributed by atoms with Crippen molar-refractivity contribution in [2.24, 2.45) is 10.9 Å². The van der Waals surface area contributed by atoms with Gasteiger partial charge in [-0.1, -0.05) is 5.16 Å². The van der Waals surface area contributed by atoms with Crippen molar-refractivity contribution in [3.63, 3.8) is 0 Å². The largest absolute Gasteiger partial charge is 0.478 e. The lowest BCUT2D eigenvalue weighted by molar-refractivity contribution is -0.161. The van der Waals surface area contributed by atoms with Crippen LogP contribution in [0.15, 0.2) is 10.5 Å². The molecule has 0 spiro atoms. The lowest BCUT2D eigenvalue weighted by Crippen LogP contribution is -2.74. The second-order valence-corrected chi connectivity index (χ2v) is 10.9. The lowest BCUT2D eigenvalue weighted by Gasteiger charge is -2.45. The third-order valence-corrected chi connectivity index (χ3v) is 7.06. The molecule has 2 aliphatic rings. The number of anilines is 1. The summed E-state index contributed by atoms with van der Waals surface area (Å²) in [5.41, 5.74) is 8.24. The number of nitrogens with zero attached hydrogens (tertiary/aromatic N) is 4. The number of nitrogens with one attached hydrogen (secondary N) is 3. The maximum atomic E-state index is 13.1. The van der Waals surface area contributed by atoms with Crippen molar-refractivity contribution in [2.75, 3.05) is 25.4 Å². The van der Waals surface area contributed by atoms with Crippen LogP contribution >= 0.6 is 11.3 Å². The monoisotopic (exact) mass is 591 g/mol. The van der Waals surface area contributed by atoms with Gasteiger partial charge in [-0.2, -0.15) is 8.42 Å². The number of carbonyl (C=O) groups excluding carboxylic acids is 3. The highest BCUT2D eigenvalue weighted by Crippen LogP contribution is 2.27. The smallest absolute Gasteiger partial charge is 0.410 e. The van der Waals surface area contributed by atoms with Crippen LogP contribution in [0.3, 0.4) is 0 Å². The summed E-state index contributed by atoms with van der Waals surface area (Å²) in [4.78, 5) is 59.3. The number of carbonyl (C=O) groups is 4. The molecule has 214 valence electrons. The highest BCUT2D eigenvalue weighted by Gasteiger charge is 2.55. The van der Waals surface area contributed by atoms with Crippen molar-refractivity contribution in [2.45, 2.75) is 37.6 Å². The van der Waals surface area contributed by atoms with Crippen molar-refractivity contribution in [3.05, 3.63) is 11.1 Å². The number of oxime groups is 1. The minimum atomic E-state index is -5.09. The van der Waals surface area contributed by atoms with Gasteiger partial charge in [0.25, 0.3) is 11.8 Å². The van der Waals surface area contributed by atoms with Gasteiger partial charge in [0.15, 0.2) is 16.8 Å². The fraction of sp³-hybridized carbons (Fsp3) is 0.500. The molecule has 0 bridgehead atoms. The standard InChI is InChI=1S/C18H25N9O10S2/c1-18(2,14(30)31)37-25-10(8-6-38-16(21)23-8)12(28)24-11-9(27(13(11)29)39(33,34)35)5-26-4-7(36-17(26)32)3-22-15(19)20/h6-7,9,11H,3-5H2,1-2H3,(H2,21,23)(H,24,28)(H,30,31)(H4,19,20,22)(H,33,34,35)/b25-10-/t7-,9+,11-/m0/s1. The Bertz CT molecular complexity index is 1330. The van der Waals surface area contributed by atoms with E-state index in [2.05, 4.69) is 20.8 Å². The number of aliphatic carboxylic acids is 1. The molecule has 3 amide bonds. The van der Waals surface area contributed by atoms with E-state index in [-0.39, 0.29) is 34.2 Å². The van der Waals surface area contributed by atoms with Crippen LogP contribution in [0.25, 0.3) is 0 Å². The number of hydrogen-bond donors (Lipinski definition) is 7. The van der Waals surface area contributed by atoms with Gasteiger partial charge >= 0.3 is 22.4 Å². The molecule has 9 N–H and O–H groups in total. The van der Waals surface area contributed by atoms with Crippen LogP contribution in [0, 0.1) is 5.41 Å². The molecule has 0 saturated carbocycles. The molecule has 19 nitrogen and oxygen atoms in total. The third kappa shape index (κ3) is 6.61. The normalized spacial score (nSPS) is 21.7. The van der Waals surface area contributed by atoms with Crippen molar-refractivity contribution in [1.29, 1.82) is 5.41 Å². The number of nitrogens with two attached hydrogens (primary N) is 2. The Hall–Kier alpha value is -4.24. The number of carboxylic acids is 1. The highest BCUT2D eigenvalue weighted by atomic mass is 32.2. The van der Waals surface area contributed by atoms with E-state index >= 15 is 0 Å². The van der Waals surface area contributed by atoms with Crippen molar-refractivity contribution < 1.29 is 46.8 Å². The Morgan fingerprint density at radius 2 is 2.08 bits per heavy atom. The molecule has 3 rings (SSSR count). The van der Waals surface area contributed by atoms with Crippen LogP contribution < -0.4 is 22.1 Å². The number of amides is 3. The van der Waals surface area contributed by atoms with Gasteiger partial charge in [0.2, 0.25) is 5.60 Å². The minimum Gasteiger partial charge on any atom is -0.478 e. The van der Waals surface area contributed by atoms with Crippen molar-refractivity contribution in [3.8, 4) is 0 Å². The topological polar surface area (TPSA) is 293 Å². The fourth-order valence-electron chi connectivity index (χ4n) is 3.43. The van der Waals surface area contributed by atoms with E-state index in [0.29, 0.717) is 0 Å². The number of cyclic esters (lactones) is 1. The predicted octanol–water partition coefficient (Wildman–Crippen LogP) is -2.89. The second-order valence-electron chi connectivity index (χ2n) is 8.75. The van der Waals surface area contributed by atoms with E-state index < -0.39 is 70.2 Å². The average Bonchev–Trinajstić information content (AvgIpc) is 3.39. The zero-order valence-corrected chi connectivity index (χ0v) is 22.0. The summed E-state index contributed by atoms with van der Waals surface area (Å²) >= 11 is 0.923. The van der Waals surface area contributed by atoms with Gasteiger partial charge in [-0.3, -0.25) is 19.6 Å². The van der Waals surface area contributed by atoms with E-state index in [1.165, 1.54) is 5.38 Å². The number of carboxylic acid groups (broad SMARTS) is 1. The number of rotatable bonds is 11. The number of thiazole rings is 1. The molecule has 3 heterocycles. The Morgan fingerprint density at radius 3 is 2.62 bits per heavy atom. The van der Waals surface area contributed by atoms with Crippen LogP contribution in [0.5, 0.6) is 0 Å². The molecule has 39 heavy (non-hydrogen) atoms. The summed E-state index contributed by atoms with van der Waals surface area (Å²) in [6.07, 6.45) is -1.65. The van der Waals surface area contributed by atoms with Gasteiger partial charge in [-0.15, -0.1) is 11.3 Å². The molecule has 2 saturated heterocycles. The van der Waals surface area contributed by atoms with Gasteiger partial charge in [0.05, 0.1) is 19.1 Å². The number of guanidine groups is 1. The molecule has 0 radical (unpaired) electrons. The molecule has 0 unspecified atom stereocenters. The fourth-order valence-corrected chi connectivity index (χ4v) is 4.85. The average molecular weight is 592 g/mol. The SMILES string of the molecule is CC(C)(O/N=C(\C(=O)N[C@@H]1C(=O)N(S(=O)(=O)O)[C@@H]1CN1C[C@H](CNC(=N)N)OC1=O)c1csc(N)n1)C(=O)O. The van der Waals surface area contributed by atoms with Crippen LogP contribution in [-0.4, -0.2) is 111 Å². The van der Waals surface area contributed by atoms with Gasteiger partial charge < -0.3 is 41.7 Å². The molecule has 3 atom stereocenters. The zero-order valence-electron chi connectivity index (χ0n) is 20.4. The third-order valence-electron chi connectivity index (χ3n) is 5.44. The van der Waals surface area contributed by atoms with E-state index in [1.807, 2.05) is 0 Å². The Kier molecular flexibility index (Phi) is 8.16. The van der Waals surface area contributed by atoms with Crippen molar-refractivity contribution >= 4 is 62.3 Å². The van der Waals surface area contributed by atoms with Crippen LogP contribution in [0.2, 0.25) is 0 Å². The van der Waals surface area contributed by atoms with E-state index in [0.717, 1.165) is 30.1 Å². The summed E-state index contributed by atoms with van der Waals surface area (Å²) in [5, 5.41) is 26.1. The number of ether oxygens (including phenoxy) is 1. The quantitative estimate of drug-likeness (QED) is 0.0447. The summed E-state index contributed by atoms with van der Waals surface area (Å²) in [6, 6.07) is -3.03. The van der Waals surface area contributed by atoms with E-state index in [1.54, 1.807) is 0 Å². The molecular formula is C18H25N9O10S2. The molecule has 2 fully saturated rings. The molecule has 1 aromatic rings. The van der Waals surface area contributed by atoms with Gasteiger partial charge in [0.1, 0.15) is 17.8 Å². The number of aromatic nitrogens is 1. The number of nitrogen functional groups attached to an aromatic ring is 1. The maximum absolute atomic E-state index is 13.1. The Labute approximate surface area is 224 Å². The maximum Gasteiger partial charge on any atom is 0.410 e. The van der Waals surface area contributed by atoms with E-state index in [4.69, 9.17) is 26.5 Å². The highest BCUT2D eigenvalue weighted by molar-refractivity contribution is 7.84. The zero-order chi connectivity index (χ0) is 29.3. The van der Waals surface area contributed by atoms with Crippen LogP contribution in [0.4, 0.5) is 9.93 Å². The molecule has 0 aromatic carbocycles. The second kappa shape index (κ2) is 10.9.